The lowest BCUT2D eigenvalue weighted by atomic mass is 9.97. The third-order valence-corrected chi connectivity index (χ3v) is 4.40. The average Bonchev–Trinajstić information content (AvgIpc) is 3.01. The van der Waals surface area contributed by atoms with Crippen molar-refractivity contribution in [3.05, 3.63) is 47.8 Å². The molecule has 0 aliphatic carbocycles. The van der Waals surface area contributed by atoms with Gasteiger partial charge in [-0.3, -0.25) is 0 Å². The van der Waals surface area contributed by atoms with Gasteiger partial charge in [-0.05, 0) is 37.0 Å². The highest BCUT2D eigenvalue weighted by atomic mass is 19.1. The number of carbonyl (C=O) groups excluding carboxylic acids is 1. The number of aryl methyl sites for hydroxylation is 1. The van der Waals surface area contributed by atoms with E-state index in [1.807, 2.05) is 22.6 Å². The molecule has 1 atom stereocenters. The summed E-state index contributed by atoms with van der Waals surface area (Å²) in [6.45, 7) is 1.89. The maximum absolute atomic E-state index is 13.1. The van der Waals surface area contributed by atoms with E-state index in [4.69, 9.17) is 0 Å². The molecule has 0 radical (unpaired) electrons. The number of halogens is 1. The average molecular weight is 331 g/mol. The van der Waals surface area contributed by atoms with Crippen molar-refractivity contribution in [1.29, 1.82) is 0 Å². The van der Waals surface area contributed by atoms with Crippen molar-refractivity contribution in [1.82, 2.24) is 25.0 Å². The van der Waals surface area contributed by atoms with Crippen LogP contribution in [-0.2, 0) is 13.5 Å². The lowest BCUT2D eigenvalue weighted by molar-refractivity contribution is 0.178. The summed E-state index contributed by atoms with van der Waals surface area (Å²) >= 11 is 0. The summed E-state index contributed by atoms with van der Waals surface area (Å²) in [4.78, 5) is 14.2. The molecule has 0 unspecified atom stereocenters. The Morgan fingerprint density at radius 3 is 3.08 bits per heavy atom. The van der Waals surface area contributed by atoms with Crippen LogP contribution in [0.2, 0.25) is 0 Å². The van der Waals surface area contributed by atoms with Crippen molar-refractivity contribution in [3.63, 3.8) is 0 Å². The fourth-order valence-corrected chi connectivity index (χ4v) is 3.15. The molecule has 1 aliphatic rings. The zero-order valence-electron chi connectivity index (χ0n) is 13.8. The molecular formula is C17H22FN5O. The van der Waals surface area contributed by atoms with E-state index in [0.717, 1.165) is 30.8 Å². The minimum Gasteiger partial charge on any atom is -0.338 e. The normalized spacial score (nSPS) is 17.8. The molecular weight excluding hydrogens is 309 g/mol. The Hall–Kier alpha value is -2.44. The summed E-state index contributed by atoms with van der Waals surface area (Å²) in [5, 5.41) is 11.0. The SMILES string of the molecule is Cn1cnnc1[C@H]1CCCN(C(=O)NCCc2cccc(F)c2)C1. The van der Waals surface area contributed by atoms with E-state index < -0.39 is 0 Å². The van der Waals surface area contributed by atoms with Crippen molar-refractivity contribution < 1.29 is 9.18 Å². The molecule has 2 aromatic rings. The van der Waals surface area contributed by atoms with E-state index >= 15 is 0 Å². The summed E-state index contributed by atoms with van der Waals surface area (Å²) in [5.41, 5.74) is 0.880. The van der Waals surface area contributed by atoms with E-state index in [0.29, 0.717) is 19.5 Å². The minimum atomic E-state index is -0.249. The van der Waals surface area contributed by atoms with Crippen LogP contribution in [-0.4, -0.2) is 45.3 Å². The number of benzene rings is 1. The number of amides is 2. The molecule has 2 heterocycles. The van der Waals surface area contributed by atoms with Gasteiger partial charge in [0.1, 0.15) is 18.0 Å². The molecule has 3 rings (SSSR count). The van der Waals surface area contributed by atoms with Gasteiger partial charge in [0.05, 0.1) is 0 Å². The number of likely N-dealkylation sites (tertiary alicyclic amines) is 1. The Kier molecular flexibility index (Phi) is 5.08. The second kappa shape index (κ2) is 7.42. The highest BCUT2D eigenvalue weighted by Gasteiger charge is 2.27. The molecule has 128 valence electrons. The maximum atomic E-state index is 13.1. The van der Waals surface area contributed by atoms with Gasteiger partial charge < -0.3 is 14.8 Å². The van der Waals surface area contributed by atoms with Crippen molar-refractivity contribution in [3.8, 4) is 0 Å². The van der Waals surface area contributed by atoms with Crippen LogP contribution >= 0.6 is 0 Å². The maximum Gasteiger partial charge on any atom is 0.317 e. The van der Waals surface area contributed by atoms with Crippen LogP contribution in [0, 0.1) is 5.82 Å². The fraction of sp³-hybridized carbons (Fsp3) is 0.471. The molecule has 1 saturated heterocycles. The number of aromatic nitrogens is 3. The minimum absolute atomic E-state index is 0.0710. The van der Waals surface area contributed by atoms with Gasteiger partial charge in [0.25, 0.3) is 0 Å². The Morgan fingerprint density at radius 1 is 1.46 bits per heavy atom. The number of carbonyl (C=O) groups is 1. The number of urea groups is 1. The van der Waals surface area contributed by atoms with E-state index in [9.17, 15) is 9.18 Å². The number of nitrogens with zero attached hydrogens (tertiary/aromatic N) is 4. The first kappa shape index (κ1) is 16.4. The molecule has 1 aromatic carbocycles. The predicted octanol–water partition coefficient (Wildman–Crippen LogP) is 2.09. The molecule has 1 aliphatic heterocycles. The molecule has 1 N–H and O–H groups in total. The van der Waals surface area contributed by atoms with Crippen LogP contribution < -0.4 is 5.32 Å². The molecule has 0 saturated carbocycles. The molecule has 6 nitrogen and oxygen atoms in total. The van der Waals surface area contributed by atoms with E-state index in [1.165, 1.54) is 12.1 Å². The summed E-state index contributed by atoms with van der Waals surface area (Å²) in [7, 11) is 1.92. The Morgan fingerprint density at radius 2 is 2.33 bits per heavy atom. The van der Waals surface area contributed by atoms with Crippen molar-refractivity contribution in [2.24, 2.45) is 7.05 Å². The Bertz CT molecular complexity index is 702. The number of hydrogen-bond donors (Lipinski definition) is 1. The third kappa shape index (κ3) is 3.90. The first-order chi connectivity index (χ1) is 11.6. The van der Waals surface area contributed by atoms with Gasteiger partial charge in [-0.2, -0.15) is 0 Å². The predicted molar refractivity (Wildman–Crippen MR) is 88.1 cm³/mol. The molecule has 1 aromatic heterocycles. The lowest BCUT2D eigenvalue weighted by Gasteiger charge is -2.32. The third-order valence-electron chi connectivity index (χ3n) is 4.40. The van der Waals surface area contributed by atoms with Gasteiger partial charge in [0.15, 0.2) is 0 Å². The van der Waals surface area contributed by atoms with Gasteiger partial charge in [-0.25, -0.2) is 9.18 Å². The second-order valence-corrected chi connectivity index (χ2v) is 6.20. The van der Waals surface area contributed by atoms with Crippen LogP contribution in [0.4, 0.5) is 9.18 Å². The van der Waals surface area contributed by atoms with Crippen molar-refractivity contribution in [2.75, 3.05) is 19.6 Å². The van der Waals surface area contributed by atoms with Gasteiger partial charge in [0.2, 0.25) is 0 Å². The quantitative estimate of drug-likeness (QED) is 0.933. The van der Waals surface area contributed by atoms with Gasteiger partial charge >= 0.3 is 6.03 Å². The van der Waals surface area contributed by atoms with Crippen LogP contribution in [0.1, 0.15) is 30.1 Å². The summed E-state index contributed by atoms with van der Waals surface area (Å²) < 4.78 is 15.1. The van der Waals surface area contributed by atoms with Crippen molar-refractivity contribution in [2.45, 2.75) is 25.2 Å². The Balaban J connectivity index is 1.50. The van der Waals surface area contributed by atoms with Gasteiger partial charge in [-0.15, -0.1) is 10.2 Å². The Labute approximate surface area is 140 Å². The second-order valence-electron chi connectivity index (χ2n) is 6.20. The number of rotatable bonds is 4. The van der Waals surface area contributed by atoms with E-state index in [2.05, 4.69) is 15.5 Å². The summed E-state index contributed by atoms with van der Waals surface area (Å²) in [6, 6.07) is 6.39. The first-order valence-electron chi connectivity index (χ1n) is 8.24. The number of nitrogens with one attached hydrogen (secondary N) is 1. The van der Waals surface area contributed by atoms with Gasteiger partial charge in [-0.1, -0.05) is 12.1 Å². The topological polar surface area (TPSA) is 63.1 Å². The van der Waals surface area contributed by atoms with Crippen molar-refractivity contribution >= 4 is 6.03 Å². The first-order valence-corrected chi connectivity index (χ1v) is 8.24. The molecule has 0 spiro atoms. The van der Waals surface area contributed by atoms with E-state index in [1.54, 1.807) is 12.4 Å². The van der Waals surface area contributed by atoms with Crippen LogP contribution in [0.15, 0.2) is 30.6 Å². The van der Waals surface area contributed by atoms with Crippen LogP contribution in [0.5, 0.6) is 0 Å². The molecule has 2 amide bonds. The molecule has 0 bridgehead atoms. The standard InChI is InChI=1S/C17H22FN5O/c1-22-12-20-21-16(22)14-5-3-9-23(11-14)17(24)19-8-7-13-4-2-6-15(18)10-13/h2,4,6,10,12,14H,3,5,7-9,11H2,1H3,(H,19,24)/t14-/m0/s1. The largest absolute Gasteiger partial charge is 0.338 e. The monoisotopic (exact) mass is 331 g/mol. The highest BCUT2D eigenvalue weighted by Crippen LogP contribution is 2.24. The smallest absolute Gasteiger partial charge is 0.317 e. The van der Waals surface area contributed by atoms with Crippen LogP contribution in [0.25, 0.3) is 0 Å². The fourth-order valence-electron chi connectivity index (χ4n) is 3.15. The zero-order chi connectivity index (χ0) is 16.9. The van der Waals surface area contributed by atoms with Gasteiger partial charge in [0, 0.05) is 32.6 Å². The lowest BCUT2D eigenvalue weighted by Crippen LogP contribution is -2.45. The number of piperidine rings is 1. The molecule has 24 heavy (non-hydrogen) atoms. The summed E-state index contributed by atoms with van der Waals surface area (Å²) in [5.74, 6) is 0.897. The summed E-state index contributed by atoms with van der Waals surface area (Å²) in [6.07, 6.45) is 4.27. The zero-order valence-corrected chi connectivity index (χ0v) is 13.8. The molecule has 1 fully saturated rings. The highest BCUT2D eigenvalue weighted by molar-refractivity contribution is 5.74. The van der Waals surface area contributed by atoms with E-state index in [-0.39, 0.29) is 17.8 Å². The molecule has 7 heteroatoms. The van der Waals surface area contributed by atoms with Crippen LogP contribution in [0.3, 0.4) is 0 Å². The number of hydrogen-bond acceptors (Lipinski definition) is 3.